The lowest BCUT2D eigenvalue weighted by molar-refractivity contribution is 0.0108. The van der Waals surface area contributed by atoms with E-state index in [1.807, 2.05) is 0 Å². The highest BCUT2D eigenvalue weighted by Crippen LogP contribution is 2.11. The van der Waals surface area contributed by atoms with Gasteiger partial charge in [0.25, 0.3) is 0 Å². The molecule has 8 radical (unpaired) electrons. The van der Waals surface area contributed by atoms with Crippen LogP contribution in [-0.4, -0.2) is 63.6 Å². The number of aliphatic hydroxyl groups excluding tert-OH is 1. The van der Waals surface area contributed by atoms with Gasteiger partial charge in [-0.15, -0.1) is 0 Å². The Labute approximate surface area is 70.8 Å². The van der Waals surface area contributed by atoms with Crippen molar-refractivity contribution < 1.29 is 15.3 Å². The van der Waals surface area contributed by atoms with Crippen molar-refractivity contribution in [1.82, 2.24) is 0 Å². The molecule has 1 unspecified atom stereocenters. The first kappa shape index (κ1) is 11.1. The minimum Gasteiger partial charge on any atom is -0.409 e. The highest BCUT2D eigenvalue weighted by Gasteiger charge is 2.28. The van der Waals surface area contributed by atoms with E-state index < -0.39 is 23.3 Å². The summed E-state index contributed by atoms with van der Waals surface area (Å²) in [5.41, 5.74) is 0. The summed E-state index contributed by atoms with van der Waals surface area (Å²) in [6.45, 7) is 0. The van der Waals surface area contributed by atoms with Crippen molar-refractivity contribution in [3.05, 3.63) is 0 Å². The number of aliphatic hydroxyl groups is 3. The first-order chi connectivity index (χ1) is 4.63. The van der Waals surface area contributed by atoms with E-state index >= 15 is 0 Å². The standard InChI is InChI=1S/C4H6B4O3/c5-3(6,10)1-2(9)4(7,8)11/h2,9-11H,1H2. The van der Waals surface area contributed by atoms with E-state index in [9.17, 15) is 0 Å². The Morgan fingerprint density at radius 3 is 1.55 bits per heavy atom. The summed E-state index contributed by atoms with van der Waals surface area (Å²) in [5, 5.41) is 22.0. The van der Waals surface area contributed by atoms with Crippen molar-refractivity contribution in [1.29, 1.82) is 0 Å². The van der Waals surface area contributed by atoms with Gasteiger partial charge in [-0.05, 0) is 11.8 Å². The normalized spacial score (nSPS) is 16.3. The van der Waals surface area contributed by atoms with Gasteiger partial charge in [-0.25, -0.2) is 0 Å². The third-order valence-electron chi connectivity index (χ3n) is 1.05. The first-order valence-electron chi connectivity index (χ1n) is 2.91. The third kappa shape index (κ3) is 5.41. The maximum absolute atomic E-state index is 8.90. The molecule has 0 spiro atoms. The molecule has 0 saturated carbocycles. The predicted molar refractivity (Wildman–Crippen MR) is 43.5 cm³/mol. The van der Waals surface area contributed by atoms with Gasteiger partial charge < -0.3 is 15.3 Å². The van der Waals surface area contributed by atoms with E-state index in [0.717, 1.165) is 0 Å². The lowest BCUT2D eigenvalue weighted by Gasteiger charge is -2.31. The monoisotopic (exact) mass is 146 g/mol. The fourth-order valence-corrected chi connectivity index (χ4v) is 0.473. The molecule has 7 heteroatoms. The summed E-state index contributed by atoms with van der Waals surface area (Å²) in [7, 11) is 19.5. The van der Waals surface area contributed by atoms with Crippen molar-refractivity contribution in [2.75, 3.05) is 0 Å². The highest BCUT2D eigenvalue weighted by molar-refractivity contribution is 6.40. The van der Waals surface area contributed by atoms with Crippen LogP contribution in [0, 0.1) is 0 Å². The smallest absolute Gasteiger partial charge is 0.102 e. The largest absolute Gasteiger partial charge is 0.409 e. The molecule has 1 atom stereocenters. The topological polar surface area (TPSA) is 60.7 Å². The van der Waals surface area contributed by atoms with Gasteiger partial charge >= 0.3 is 0 Å². The molecule has 0 aliphatic rings. The molecular formula is C4H6B4O3. The van der Waals surface area contributed by atoms with Crippen LogP contribution in [0.15, 0.2) is 0 Å². The summed E-state index contributed by atoms with van der Waals surface area (Å²) in [6.07, 6.45) is -2.10. The Balaban J connectivity index is 3.99. The van der Waals surface area contributed by atoms with Gasteiger partial charge in [0.15, 0.2) is 0 Å². The van der Waals surface area contributed by atoms with Crippen LogP contribution >= 0.6 is 0 Å². The molecule has 0 aromatic rings. The van der Waals surface area contributed by atoms with Crippen LogP contribution in [0.4, 0.5) is 0 Å². The zero-order valence-electron chi connectivity index (χ0n) is 5.94. The molecule has 0 aliphatic carbocycles. The summed E-state index contributed by atoms with van der Waals surface area (Å²) in [4.78, 5) is 0. The maximum atomic E-state index is 8.90. The van der Waals surface area contributed by atoms with Crippen LogP contribution in [0.5, 0.6) is 0 Å². The van der Waals surface area contributed by atoms with E-state index in [0.29, 0.717) is 0 Å². The summed E-state index contributed by atoms with van der Waals surface area (Å²) in [5.74, 6) is 0. The van der Waals surface area contributed by atoms with Crippen LogP contribution in [0.25, 0.3) is 0 Å². The van der Waals surface area contributed by atoms with Crippen molar-refractivity contribution in [2.45, 2.75) is 23.3 Å². The Morgan fingerprint density at radius 2 is 1.45 bits per heavy atom. The molecule has 0 aromatic carbocycles. The van der Waals surface area contributed by atoms with Gasteiger partial charge in [0, 0.05) is 5.40 Å². The average molecular weight is 145 g/mol. The first-order valence-corrected chi connectivity index (χ1v) is 2.91. The van der Waals surface area contributed by atoms with Crippen LogP contribution in [0.2, 0.25) is 0 Å². The zero-order valence-corrected chi connectivity index (χ0v) is 5.94. The van der Waals surface area contributed by atoms with Crippen molar-refractivity contribution >= 4 is 31.4 Å². The van der Waals surface area contributed by atoms with Gasteiger partial charge in [0.1, 0.15) is 15.7 Å². The molecule has 0 aliphatic heterocycles. The molecule has 0 heterocycles. The van der Waals surface area contributed by atoms with Crippen LogP contribution < -0.4 is 0 Å². The highest BCUT2D eigenvalue weighted by atomic mass is 16.3. The fourth-order valence-electron chi connectivity index (χ4n) is 0.473. The number of hydrogen-bond donors (Lipinski definition) is 3. The van der Waals surface area contributed by atoms with E-state index in [2.05, 4.69) is 0 Å². The molecule has 52 valence electrons. The Hall–Kier alpha value is 0.140. The summed E-state index contributed by atoms with van der Waals surface area (Å²) >= 11 is 0. The molecule has 0 saturated heterocycles. The van der Waals surface area contributed by atoms with Gasteiger partial charge in [0.2, 0.25) is 0 Å². The molecule has 0 rings (SSSR count). The number of rotatable bonds is 3. The second-order valence-electron chi connectivity index (χ2n) is 2.60. The van der Waals surface area contributed by atoms with E-state index in [-0.39, 0.29) is 0 Å². The van der Waals surface area contributed by atoms with Crippen molar-refractivity contribution in [3.8, 4) is 0 Å². The predicted octanol–water partition coefficient (Wildman–Crippen LogP) is -3.30. The zero-order chi connectivity index (χ0) is 9.28. The van der Waals surface area contributed by atoms with Gasteiger partial charge in [-0.3, -0.25) is 0 Å². The second-order valence-corrected chi connectivity index (χ2v) is 2.60. The van der Waals surface area contributed by atoms with Gasteiger partial charge in [-0.1, -0.05) is 0 Å². The minimum atomic E-state index is -2.30. The van der Waals surface area contributed by atoms with E-state index in [1.54, 1.807) is 0 Å². The molecule has 3 nitrogen and oxygen atoms in total. The SMILES string of the molecule is [B]C([B])(O)CC(O)C([B])([B])O. The lowest BCUT2D eigenvalue weighted by Crippen LogP contribution is -2.48. The Kier molecular flexibility index (Phi) is 3.29. The van der Waals surface area contributed by atoms with Crippen LogP contribution in [-0.2, 0) is 0 Å². The van der Waals surface area contributed by atoms with Crippen LogP contribution in [0.1, 0.15) is 6.42 Å². The molecular weight excluding hydrogens is 139 g/mol. The number of hydrogen-bond acceptors (Lipinski definition) is 3. The lowest BCUT2D eigenvalue weighted by atomic mass is 9.55. The van der Waals surface area contributed by atoms with Crippen molar-refractivity contribution in [3.63, 3.8) is 0 Å². The van der Waals surface area contributed by atoms with Crippen LogP contribution in [0.3, 0.4) is 0 Å². The molecule has 11 heavy (non-hydrogen) atoms. The molecule has 0 fully saturated rings. The maximum Gasteiger partial charge on any atom is 0.102 e. The third-order valence-corrected chi connectivity index (χ3v) is 1.05. The Bertz CT molecular complexity index is 126. The molecule has 0 amide bonds. The fraction of sp³-hybridized carbons (Fsp3) is 1.00. The van der Waals surface area contributed by atoms with Gasteiger partial charge in [-0.2, -0.15) is 0 Å². The minimum absolute atomic E-state index is 0.517. The average Bonchev–Trinajstić information content (AvgIpc) is 1.56. The van der Waals surface area contributed by atoms with E-state index in [4.69, 9.17) is 46.7 Å². The Morgan fingerprint density at radius 1 is 1.09 bits per heavy atom. The summed E-state index contributed by atoms with van der Waals surface area (Å²) < 4.78 is 0. The molecule has 0 aromatic heterocycles. The molecule has 3 N–H and O–H groups in total. The second kappa shape index (κ2) is 3.25. The van der Waals surface area contributed by atoms with Gasteiger partial charge in [0.05, 0.1) is 21.8 Å². The molecule has 0 bridgehead atoms. The summed E-state index contributed by atoms with van der Waals surface area (Å²) in [6, 6.07) is 0. The quantitative estimate of drug-likeness (QED) is 0.365. The van der Waals surface area contributed by atoms with E-state index in [1.165, 1.54) is 0 Å². The van der Waals surface area contributed by atoms with Crippen molar-refractivity contribution in [2.24, 2.45) is 0 Å².